The fourth-order valence-electron chi connectivity index (χ4n) is 3.98. The zero-order chi connectivity index (χ0) is 21.3. The summed E-state index contributed by atoms with van der Waals surface area (Å²) >= 11 is 6.39. The zero-order valence-corrected chi connectivity index (χ0v) is 17.3. The number of carbonyl (C=O) groups excluding carboxylic acids is 1. The Hall–Kier alpha value is -3.18. The summed E-state index contributed by atoms with van der Waals surface area (Å²) in [5.74, 6) is -0.160. The van der Waals surface area contributed by atoms with Gasteiger partial charge in [-0.2, -0.15) is 0 Å². The van der Waals surface area contributed by atoms with Crippen LogP contribution in [0.15, 0.2) is 60.7 Å². The summed E-state index contributed by atoms with van der Waals surface area (Å²) in [4.78, 5) is 15.0. The van der Waals surface area contributed by atoms with Crippen LogP contribution in [-0.2, 0) is 6.42 Å². The minimum Gasteiger partial charge on any atom is -0.504 e. The molecule has 3 aromatic rings. The van der Waals surface area contributed by atoms with Crippen molar-refractivity contribution in [2.45, 2.75) is 12.3 Å². The molecule has 1 aliphatic rings. The SMILES string of the molecule is COc1ccc(C(=O)N2CCc3c(cc(O)c(O)c3Cl)C(c3ccccc3)C2)cc1. The number of phenols is 2. The number of ether oxygens (including phenoxy) is 1. The number of hydrogen-bond acceptors (Lipinski definition) is 4. The monoisotopic (exact) mass is 423 g/mol. The molecule has 30 heavy (non-hydrogen) atoms. The number of carbonyl (C=O) groups is 1. The number of halogens is 1. The Kier molecular flexibility index (Phi) is 5.55. The standard InChI is InChI=1S/C24H22ClNO4/c1-30-17-9-7-16(8-10-17)24(29)26-12-11-18-19(13-21(27)23(28)22(18)25)20(14-26)15-5-3-2-4-6-15/h2-10,13,20,27-28H,11-12,14H2,1H3. The Labute approximate surface area is 180 Å². The number of amides is 1. The first kappa shape index (κ1) is 20.1. The highest BCUT2D eigenvalue weighted by Crippen LogP contribution is 2.43. The van der Waals surface area contributed by atoms with E-state index in [9.17, 15) is 15.0 Å². The van der Waals surface area contributed by atoms with E-state index in [2.05, 4.69) is 0 Å². The van der Waals surface area contributed by atoms with Gasteiger partial charge in [0.25, 0.3) is 5.91 Å². The van der Waals surface area contributed by atoms with Crippen LogP contribution in [0.4, 0.5) is 0 Å². The minimum atomic E-state index is -0.322. The summed E-state index contributed by atoms with van der Waals surface area (Å²) in [6, 6.07) is 18.4. The van der Waals surface area contributed by atoms with Crippen LogP contribution in [-0.4, -0.2) is 41.2 Å². The van der Waals surface area contributed by atoms with Crippen molar-refractivity contribution in [1.29, 1.82) is 0 Å². The molecule has 2 N–H and O–H groups in total. The Morgan fingerprint density at radius 1 is 1.10 bits per heavy atom. The van der Waals surface area contributed by atoms with E-state index in [-0.39, 0.29) is 28.3 Å². The van der Waals surface area contributed by atoms with Crippen LogP contribution < -0.4 is 4.74 Å². The third kappa shape index (κ3) is 3.68. The van der Waals surface area contributed by atoms with Crippen LogP contribution in [0.3, 0.4) is 0 Å². The third-order valence-electron chi connectivity index (χ3n) is 5.59. The van der Waals surface area contributed by atoms with Crippen molar-refractivity contribution in [3.63, 3.8) is 0 Å². The van der Waals surface area contributed by atoms with Gasteiger partial charge in [-0.15, -0.1) is 0 Å². The maximum Gasteiger partial charge on any atom is 0.253 e. The Balaban J connectivity index is 1.75. The zero-order valence-electron chi connectivity index (χ0n) is 16.5. The fourth-order valence-corrected chi connectivity index (χ4v) is 4.28. The molecule has 0 aromatic heterocycles. The fraction of sp³-hybridized carbons (Fsp3) is 0.208. The second kappa shape index (κ2) is 8.28. The molecule has 154 valence electrons. The molecule has 0 radical (unpaired) electrons. The van der Waals surface area contributed by atoms with E-state index >= 15 is 0 Å². The van der Waals surface area contributed by atoms with Crippen molar-refractivity contribution in [3.8, 4) is 17.2 Å². The molecule has 0 bridgehead atoms. The van der Waals surface area contributed by atoms with Gasteiger partial charge in [0.1, 0.15) is 5.75 Å². The summed E-state index contributed by atoms with van der Waals surface area (Å²) < 4.78 is 5.18. The van der Waals surface area contributed by atoms with Crippen molar-refractivity contribution in [1.82, 2.24) is 4.90 Å². The molecule has 0 aliphatic carbocycles. The van der Waals surface area contributed by atoms with Gasteiger partial charge in [-0.05, 0) is 53.4 Å². The quantitative estimate of drug-likeness (QED) is 0.604. The molecule has 1 unspecified atom stereocenters. The van der Waals surface area contributed by atoms with Crippen molar-refractivity contribution in [2.75, 3.05) is 20.2 Å². The minimum absolute atomic E-state index is 0.0871. The molecule has 3 aromatic carbocycles. The number of aromatic hydroxyl groups is 2. The van der Waals surface area contributed by atoms with Crippen LogP contribution in [0, 0.1) is 0 Å². The van der Waals surface area contributed by atoms with Crippen LogP contribution >= 0.6 is 11.6 Å². The van der Waals surface area contributed by atoms with E-state index in [4.69, 9.17) is 16.3 Å². The van der Waals surface area contributed by atoms with Gasteiger partial charge in [0.05, 0.1) is 12.1 Å². The number of benzene rings is 3. The van der Waals surface area contributed by atoms with Crippen LogP contribution in [0.2, 0.25) is 5.02 Å². The number of nitrogens with zero attached hydrogens (tertiary/aromatic N) is 1. The molecule has 0 spiro atoms. The van der Waals surface area contributed by atoms with Crippen molar-refractivity contribution in [3.05, 3.63) is 87.9 Å². The van der Waals surface area contributed by atoms with Crippen LogP contribution in [0.1, 0.15) is 33.0 Å². The normalized spacial score (nSPS) is 15.9. The summed E-state index contributed by atoms with van der Waals surface area (Å²) in [6.45, 7) is 0.882. The van der Waals surface area contributed by atoms with Gasteiger partial charge < -0.3 is 19.8 Å². The number of fused-ring (bicyclic) bond motifs is 1. The Morgan fingerprint density at radius 3 is 2.47 bits per heavy atom. The second-order valence-electron chi connectivity index (χ2n) is 7.32. The van der Waals surface area contributed by atoms with Gasteiger partial charge in [-0.25, -0.2) is 0 Å². The lowest BCUT2D eigenvalue weighted by Crippen LogP contribution is -2.35. The molecule has 0 saturated heterocycles. The molecular formula is C24H22ClNO4. The van der Waals surface area contributed by atoms with E-state index in [1.807, 2.05) is 30.3 Å². The van der Waals surface area contributed by atoms with E-state index in [0.717, 1.165) is 16.7 Å². The summed E-state index contributed by atoms with van der Waals surface area (Å²) in [5.41, 5.74) is 3.16. The van der Waals surface area contributed by atoms with Gasteiger partial charge >= 0.3 is 0 Å². The van der Waals surface area contributed by atoms with E-state index < -0.39 is 0 Å². The van der Waals surface area contributed by atoms with Gasteiger partial charge in [0.2, 0.25) is 0 Å². The largest absolute Gasteiger partial charge is 0.504 e. The maximum atomic E-state index is 13.3. The van der Waals surface area contributed by atoms with E-state index in [0.29, 0.717) is 30.8 Å². The molecule has 0 saturated carbocycles. The smallest absolute Gasteiger partial charge is 0.253 e. The summed E-state index contributed by atoms with van der Waals surface area (Å²) in [5, 5.41) is 20.5. The van der Waals surface area contributed by atoms with Crippen molar-refractivity contribution in [2.24, 2.45) is 0 Å². The maximum absolute atomic E-state index is 13.3. The van der Waals surface area contributed by atoms with Gasteiger partial charge in [-0.3, -0.25) is 4.79 Å². The van der Waals surface area contributed by atoms with Crippen molar-refractivity contribution >= 4 is 17.5 Å². The van der Waals surface area contributed by atoms with Crippen LogP contribution in [0.25, 0.3) is 0 Å². The summed E-state index contributed by atoms with van der Waals surface area (Å²) in [7, 11) is 1.59. The highest BCUT2D eigenvalue weighted by Gasteiger charge is 2.30. The average molecular weight is 424 g/mol. The Morgan fingerprint density at radius 2 is 1.80 bits per heavy atom. The molecule has 1 aliphatic heterocycles. The topological polar surface area (TPSA) is 70.0 Å². The van der Waals surface area contributed by atoms with E-state index in [1.165, 1.54) is 0 Å². The lowest BCUT2D eigenvalue weighted by Gasteiger charge is -2.26. The molecule has 1 atom stereocenters. The molecular weight excluding hydrogens is 402 g/mol. The molecule has 1 heterocycles. The number of rotatable bonds is 3. The lowest BCUT2D eigenvalue weighted by molar-refractivity contribution is 0.0757. The number of hydrogen-bond donors (Lipinski definition) is 2. The molecule has 6 heteroatoms. The molecule has 1 amide bonds. The van der Waals surface area contributed by atoms with Gasteiger partial charge in [0.15, 0.2) is 11.5 Å². The van der Waals surface area contributed by atoms with Gasteiger partial charge in [0, 0.05) is 24.6 Å². The predicted octanol–water partition coefficient (Wildman–Crippen LogP) is 4.59. The molecule has 5 nitrogen and oxygen atoms in total. The van der Waals surface area contributed by atoms with Crippen molar-refractivity contribution < 1.29 is 19.7 Å². The van der Waals surface area contributed by atoms with Gasteiger partial charge in [-0.1, -0.05) is 41.9 Å². The number of phenolic OH excluding ortho intramolecular Hbond substituents is 2. The molecule has 4 rings (SSSR count). The summed E-state index contributed by atoms with van der Waals surface area (Å²) in [6.07, 6.45) is 0.479. The number of methoxy groups -OCH3 is 1. The Bertz CT molecular complexity index is 1070. The first-order valence-electron chi connectivity index (χ1n) is 9.71. The lowest BCUT2D eigenvalue weighted by atomic mass is 9.87. The predicted molar refractivity (Wildman–Crippen MR) is 116 cm³/mol. The van der Waals surface area contributed by atoms with E-state index in [1.54, 1.807) is 42.3 Å². The van der Waals surface area contributed by atoms with Crippen LogP contribution in [0.5, 0.6) is 17.2 Å². The highest BCUT2D eigenvalue weighted by molar-refractivity contribution is 6.33. The average Bonchev–Trinajstić information content (AvgIpc) is 2.98. The second-order valence-corrected chi connectivity index (χ2v) is 7.70. The third-order valence-corrected chi connectivity index (χ3v) is 6.00. The first-order chi connectivity index (χ1) is 14.5. The first-order valence-corrected chi connectivity index (χ1v) is 10.1. The highest BCUT2D eigenvalue weighted by atomic mass is 35.5. The molecule has 0 fully saturated rings.